The minimum Gasteiger partial charge on any atom is -0.338 e. The van der Waals surface area contributed by atoms with E-state index in [0.717, 1.165) is 25.3 Å². The van der Waals surface area contributed by atoms with Crippen LogP contribution in [0, 0.1) is 0 Å². The topological polar surface area (TPSA) is 29.9 Å². The van der Waals surface area contributed by atoms with E-state index in [1.807, 2.05) is 19.4 Å². The monoisotopic (exact) mass is 229 g/mol. The number of nitrogens with one attached hydrogen (secondary N) is 1. The van der Waals surface area contributed by atoms with Crippen molar-refractivity contribution in [3.63, 3.8) is 0 Å². The molecular weight excluding hydrogens is 210 g/mol. The highest BCUT2D eigenvalue weighted by atomic mass is 15.0. The molecular formula is C14H19N3. The minimum atomic E-state index is 0.892. The van der Waals surface area contributed by atoms with Gasteiger partial charge in [0.25, 0.3) is 0 Å². The molecule has 0 unspecified atom stereocenters. The molecule has 0 spiro atoms. The van der Waals surface area contributed by atoms with Gasteiger partial charge in [0, 0.05) is 32.4 Å². The zero-order valence-electron chi connectivity index (χ0n) is 10.5. The smallest absolute Gasteiger partial charge is 0.112 e. The first-order valence-corrected chi connectivity index (χ1v) is 6.04. The third-order valence-corrected chi connectivity index (χ3v) is 2.85. The highest BCUT2D eigenvalue weighted by Crippen LogP contribution is 2.10. The maximum atomic E-state index is 4.35. The lowest BCUT2D eigenvalue weighted by Gasteiger charge is -2.06. The van der Waals surface area contributed by atoms with Crippen LogP contribution < -0.4 is 5.32 Å². The largest absolute Gasteiger partial charge is 0.338 e. The van der Waals surface area contributed by atoms with Gasteiger partial charge in [0.15, 0.2) is 0 Å². The summed E-state index contributed by atoms with van der Waals surface area (Å²) in [4.78, 5) is 4.35. The molecule has 0 aliphatic carbocycles. The number of hydrogen-bond acceptors (Lipinski definition) is 2. The molecule has 3 heteroatoms. The lowest BCUT2D eigenvalue weighted by Crippen LogP contribution is -2.11. The van der Waals surface area contributed by atoms with Crippen molar-refractivity contribution in [1.29, 1.82) is 0 Å². The molecule has 0 bridgehead atoms. The van der Waals surface area contributed by atoms with Crippen molar-refractivity contribution < 1.29 is 0 Å². The molecule has 17 heavy (non-hydrogen) atoms. The second-order valence-corrected chi connectivity index (χ2v) is 4.23. The highest BCUT2D eigenvalue weighted by molar-refractivity contribution is 5.26. The maximum Gasteiger partial charge on any atom is 0.112 e. The molecule has 90 valence electrons. The molecule has 2 rings (SSSR count). The van der Waals surface area contributed by atoms with Crippen LogP contribution in [0.2, 0.25) is 0 Å². The lowest BCUT2D eigenvalue weighted by atomic mass is 10.1. The summed E-state index contributed by atoms with van der Waals surface area (Å²) < 4.78 is 2.07. The molecule has 1 aromatic heterocycles. The van der Waals surface area contributed by atoms with Crippen LogP contribution in [0.5, 0.6) is 0 Å². The van der Waals surface area contributed by atoms with Gasteiger partial charge in [-0.2, -0.15) is 0 Å². The van der Waals surface area contributed by atoms with Gasteiger partial charge in [0.05, 0.1) is 0 Å². The number of benzene rings is 1. The van der Waals surface area contributed by atoms with Crippen LogP contribution in [0.15, 0.2) is 36.7 Å². The van der Waals surface area contributed by atoms with E-state index in [-0.39, 0.29) is 0 Å². The van der Waals surface area contributed by atoms with Gasteiger partial charge in [-0.15, -0.1) is 0 Å². The van der Waals surface area contributed by atoms with Gasteiger partial charge in [-0.05, 0) is 17.7 Å². The summed E-state index contributed by atoms with van der Waals surface area (Å²) in [6.07, 6.45) is 4.72. The van der Waals surface area contributed by atoms with Crippen molar-refractivity contribution in [2.45, 2.75) is 19.9 Å². The average molecular weight is 229 g/mol. The second kappa shape index (κ2) is 5.64. The summed E-state index contributed by atoms with van der Waals surface area (Å²) in [7, 11) is 2.03. The van der Waals surface area contributed by atoms with E-state index >= 15 is 0 Å². The standard InChI is InChI=1S/C14H19N3/c1-3-15-11-13-6-4-5-12(9-13)10-14-16-7-8-17(14)2/h4-9,15H,3,10-11H2,1-2H3. The molecule has 0 aliphatic heterocycles. The van der Waals surface area contributed by atoms with Gasteiger partial charge in [0.2, 0.25) is 0 Å². The van der Waals surface area contributed by atoms with E-state index in [0.29, 0.717) is 0 Å². The molecule has 0 saturated heterocycles. The van der Waals surface area contributed by atoms with Crippen molar-refractivity contribution in [2.24, 2.45) is 7.05 Å². The molecule has 1 aromatic carbocycles. The quantitative estimate of drug-likeness (QED) is 0.851. The van der Waals surface area contributed by atoms with Crippen molar-refractivity contribution >= 4 is 0 Å². The minimum absolute atomic E-state index is 0.892. The van der Waals surface area contributed by atoms with Crippen LogP contribution >= 0.6 is 0 Å². The third-order valence-electron chi connectivity index (χ3n) is 2.85. The first-order chi connectivity index (χ1) is 8.29. The Kier molecular flexibility index (Phi) is 3.94. The predicted octanol–water partition coefficient (Wildman–Crippen LogP) is 2.12. The molecule has 0 atom stereocenters. The van der Waals surface area contributed by atoms with Gasteiger partial charge in [-0.1, -0.05) is 31.2 Å². The fourth-order valence-electron chi connectivity index (χ4n) is 1.87. The summed E-state index contributed by atoms with van der Waals surface area (Å²) in [5.74, 6) is 1.10. The van der Waals surface area contributed by atoms with Crippen molar-refractivity contribution in [2.75, 3.05) is 6.54 Å². The SMILES string of the molecule is CCNCc1cccc(Cc2nccn2C)c1. The van der Waals surface area contributed by atoms with Crippen LogP contribution in [0.1, 0.15) is 23.9 Å². The van der Waals surface area contributed by atoms with Crippen molar-refractivity contribution in [3.8, 4) is 0 Å². The maximum absolute atomic E-state index is 4.35. The van der Waals surface area contributed by atoms with Crippen LogP contribution in [0.25, 0.3) is 0 Å². The van der Waals surface area contributed by atoms with Crippen molar-refractivity contribution in [3.05, 3.63) is 53.6 Å². The van der Waals surface area contributed by atoms with E-state index in [1.54, 1.807) is 0 Å². The predicted molar refractivity (Wildman–Crippen MR) is 69.8 cm³/mol. The van der Waals surface area contributed by atoms with Crippen molar-refractivity contribution in [1.82, 2.24) is 14.9 Å². The number of imidazole rings is 1. The zero-order valence-corrected chi connectivity index (χ0v) is 10.5. The van der Waals surface area contributed by atoms with E-state index < -0.39 is 0 Å². The Balaban J connectivity index is 2.08. The highest BCUT2D eigenvalue weighted by Gasteiger charge is 2.02. The van der Waals surface area contributed by atoms with Gasteiger partial charge in [-0.25, -0.2) is 4.98 Å². The Hall–Kier alpha value is -1.61. The second-order valence-electron chi connectivity index (χ2n) is 4.23. The molecule has 0 radical (unpaired) electrons. The Morgan fingerprint density at radius 2 is 2.12 bits per heavy atom. The molecule has 1 heterocycles. The van der Waals surface area contributed by atoms with Gasteiger partial charge < -0.3 is 9.88 Å². The Labute approximate surface area is 103 Å². The van der Waals surface area contributed by atoms with E-state index in [9.17, 15) is 0 Å². The number of rotatable bonds is 5. The van der Waals surface area contributed by atoms with Gasteiger partial charge in [-0.3, -0.25) is 0 Å². The van der Waals surface area contributed by atoms with Gasteiger partial charge in [0.1, 0.15) is 5.82 Å². The van der Waals surface area contributed by atoms with E-state index in [4.69, 9.17) is 0 Å². The number of aromatic nitrogens is 2. The molecule has 0 amide bonds. The summed E-state index contributed by atoms with van der Waals surface area (Å²) in [6.45, 7) is 4.06. The van der Waals surface area contributed by atoms with E-state index in [1.165, 1.54) is 11.1 Å². The Morgan fingerprint density at radius 1 is 1.29 bits per heavy atom. The third kappa shape index (κ3) is 3.17. The normalized spacial score (nSPS) is 10.7. The fraction of sp³-hybridized carbons (Fsp3) is 0.357. The molecule has 2 aromatic rings. The molecule has 0 aliphatic rings. The van der Waals surface area contributed by atoms with Crippen LogP contribution in [0.4, 0.5) is 0 Å². The summed E-state index contributed by atoms with van der Waals surface area (Å²) >= 11 is 0. The summed E-state index contributed by atoms with van der Waals surface area (Å²) in [5.41, 5.74) is 2.65. The molecule has 3 nitrogen and oxygen atoms in total. The molecule has 0 saturated carbocycles. The van der Waals surface area contributed by atoms with Crippen LogP contribution in [0.3, 0.4) is 0 Å². The first-order valence-electron chi connectivity index (χ1n) is 6.04. The Bertz CT molecular complexity index is 474. The number of nitrogens with zero attached hydrogens (tertiary/aromatic N) is 2. The summed E-state index contributed by atoms with van der Waals surface area (Å²) in [5, 5.41) is 3.34. The summed E-state index contributed by atoms with van der Waals surface area (Å²) in [6, 6.07) is 8.68. The van der Waals surface area contributed by atoms with Gasteiger partial charge >= 0.3 is 0 Å². The first kappa shape index (κ1) is 11.9. The van der Waals surface area contributed by atoms with E-state index in [2.05, 4.69) is 46.1 Å². The average Bonchev–Trinajstić information content (AvgIpc) is 2.73. The Morgan fingerprint density at radius 3 is 2.82 bits per heavy atom. The van der Waals surface area contributed by atoms with Crippen LogP contribution in [-0.4, -0.2) is 16.1 Å². The fourth-order valence-corrected chi connectivity index (χ4v) is 1.87. The number of hydrogen-bond donors (Lipinski definition) is 1. The number of aryl methyl sites for hydroxylation is 1. The lowest BCUT2D eigenvalue weighted by molar-refractivity contribution is 0.725. The zero-order chi connectivity index (χ0) is 12.1. The van der Waals surface area contributed by atoms with Crippen LogP contribution in [-0.2, 0) is 20.0 Å². The molecule has 0 fully saturated rings. The molecule has 1 N–H and O–H groups in total.